The molecular weight excluding hydrogens is 142 g/mol. The molecule has 0 aromatic heterocycles. The monoisotopic (exact) mass is 155 g/mol. The van der Waals surface area contributed by atoms with Gasteiger partial charge < -0.3 is 14.6 Å². The maximum absolute atomic E-state index is 5.61. The van der Waals surface area contributed by atoms with Gasteiger partial charge >= 0.3 is 0 Å². The van der Waals surface area contributed by atoms with E-state index < -0.39 is 0 Å². The summed E-state index contributed by atoms with van der Waals surface area (Å²) in [7, 11) is 0. The van der Waals surface area contributed by atoms with E-state index in [1.54, 1.807) is 5.01 Å². The molecule has 2 heterocycles. The number of morpholine rings is 1. The van der Waals surface area contributed by atoms with Crippen molar-refractivity contribution in [2.24, 2.45) is 5.84 Å². The summed E-state index contributed by atoms with van der Waals surface area (Å²) < 4.78 is 5.33. The van der Waals surface area contributed by atoms with Gasteiger partial charge in [-0.15, -0.1) is 0 Å². The fourth-order valence-electron chi connectivity index (χ4n) is 1.50. The highest BCUT2D eigenvalue weighted by molar-refractivity contribution is 4.94. The van der Waals surface area contributed by atoms with E-state index >= 15 is 0 Å². The standard InChI is InChI=1S/C7H13N3O/c8-10-2-1-9-3-4-11-6-7(9)5-10/h1-2,7H,3-6,8H2. The first kappa shape index (κ1) is 6.94. The van der Waals surface area contributed by atoms with Gasteiger partial charge in [-0.25, -0.2) is 5.84 Å². The number of nitrogens with two attached hydrogens (primary N) is 1. The van der Waals surface area contributed by atoms with E-state index in [-0.39, 0.29) is 0 Å². The summed E-state index contributed by atoms with van der Waals surface area (Å²) in [5.41, 5.74) is 0. The molecule has 4 heteroatoms. The molecule has 2 rings (SSSR count). The van der Waals surface area contributed by atoms with Crippen molar-refractivity contribution in [3.05, 3.63) is 12.4 Å². The van der Waals surface area contributed by atoms with E-state index in [4.69, 9.17) is 10.6 Å². The van der Waals surface area contributed by atoms with Crippen LogP contribution in [0.15, 0.2) is 12.4 Å². The molecule has 0 aliphatic carbocycles. The highest BCUT2D eigenvalue weighted by Crippen LogP contribution is 2.11. The second-order valence-electron chi connectivity index (χ2n) is 2.96. The summed E-state index contributed by atoms with van der Waals surface area (Å²) in [5.74, 6) is 5.61. The van der Waals surface area contributed by atoms with Crippen LogP contribution in [0.3, 0.4) is 0 Å². The van der Waals surface area contributed by atoms with Crippen LogP contribution in [0, 0.1) is 0 Å². The lowest BCUT2D eigenvalue weighted by Crippen LogP contribution is -2.52. The van der Waals surface area contributed by atoms with Crippen molar-refractivity contribution in [1.29, 1.82) is 0 Å². The summed E-state index contributed by atoms with van der Waals surface area (Å²) in [6, 6.07) is 0.457. The van der Waals surface area contributed by atoms with Gasteiger partial charge in [0.05, 0.1) is 25.8 Å². The van der Waals surface area contributed by atoms with Gasteiger partial charge in [-0.05, 0) is 0 Å². The molecule has 0 aromatic carbocycles. The van der Waals surface area contributed by atoms with Crippen molar-refractivity contribution in [2.45, 2.75) is 6.04 Å². The van der Waals surface area contributed by atoms with E-state index in [0.717, 1.165) is 26.3 Å². The molecule has 62 valence electrons. The predicted octanol–water partition coefficient (Wildman–Crippen LogP) is -0.652. The Morgan fingerprint density at radius 3 is 3.27 bits per heavy atom. The summed E-state index contributed by atoms with van der Waals surface area (Å²) in [4.78, 5) is 2.28. The second-order valence-corrected chi connectivity index (χ2v) is 2.96. The van der Waals surface area contributed by atoms with Gasteiger partial charge in [0, 0.05) is 18.9 Å². The molecule has 0 spiro atoms. The molecular formula is C7H13N3O. The molecule has 0 saturated carbocycles. The van der Waals surface area contributed by atoms with Gasteiger partial charge in [-0.3, -0.25) is 0 Å². The van der Waals surface area contributed by atoms with Gasteiger partial charge in [-0.1, -0.05) is 0 Å². The van der Waals surface area contributed by atoms with Crippen LogP contribution in [-0.2, 0) is 4.74 Å². The van der Waals surface area contributed by atoms with Crippen LogP contribution >= 0.6 is 0 Å². The summed E-state index contributed by atoms with van der Waals surface area (Å²) in [6.45, 7) is 3.51. The van der Waals surface area contributed by atoms with Gasteiger partial charge in [-0.2, -0.15) is 0 Å². The SMILES string of the molecule is NN1C=CN2CCOCC2C1. The molecule has 2 aliphatic heterocycles. The molecule has 0 radical (unpaired) electrons. The van der Waals surface area contributed by atoms with E-state index in [2.05, 4.69) is 4.90 Å². The Balaban J connectivity index is 2.05. The number of rotatable bonds is 0. The molecule has 2 N–H and O–H groups in total. The van der Waals surface area contributed by atoms with Crippen LogP contribution in [0.1, 0.15) is 0 Å². The fourth-order valence-corrected chi connectivity index (χ4v) is 1.50. The van der Waals surface area contributed by atoms with Crippen molar-refractivity contribution in [2.75, 3.05) is 26.3 Å². The number of nitrogens with zero attached hydrogens (tertiary/aromatic N) is 2. The van der Waals surface area contributed by atoms with E-state index in [1.165, 1.54) is 0 Å². The van der Waals surface area contributed by atoms with Crippen LogP contribution in [-0.4, -0.2) is 42.3 Å². The largest absolute Gasteiger partial charge is 0.377 e. The Labute approximate surface area is 66.2 Å². The summed E-state index contributed by atoms with van der Waals surface area (Å²) in [6.07, 6.45) is 3.94. The number of hydrazine groups is 1. The normalized spacial score (nSPS) is 30.5. The van der Waals surface area contributed by atoms with Gasteiger partial charge in [0.15, 0.2) is 0 Å². The summed E-state index contributed by atoms with van der Waals surface area (Å²) >= 11 is 0. The topological polar surface area (TPSA) is 41.7 Å². The first-order valence-electron chi connectivity index (χ1n) is 3.89. The zero-order valence-electron chi connectivity index (χ0n) is 6.44. The molecule has 1 fully saturated rings. The Bertz CT molecular complexity index is 171. The number of hydrogen-bond acceptors (Lipinski definition) is 4. The molecule has 0 bridgehead atoms. The maximum Gasteiger partial charge on any atom is 0.0710 e. The lowest BCUT2D eigenvalue weighted by molar-refractivity contribution is -0.000887. The molecule has 0 amide bonds. The quantitative estimate of drug-likeness (QED) is 0.472. The second kappa shape index (κ2) is 2.71. The van der Waals surface area contributed by atoms with E-state index in [9.17, 15) is 0 Å². The van der Waals surface area contributed by atoms with Crippen molar-refractivity contribution in [3.8, 4) is 0 Å². The van der Waals surface area contributed by atoms with Crippen molar-refractivity contribution in [1.82, 2.24) is 9.91 Å². The lowest BCUT2D eigenvalue weighted by Gasteiger charge is -2.39. The van der Waals surface area contributed by atoms with Crippen molar-refractivity contribution in [3.63, 3.8) is 0 Å². The van der Waals surface area contributed by atoms with Gasteiger partial charge in [0.1, 0.15) is 0 Å². The van der Waals surface area contributed by atoms with Crippen LogP contribution in [0.25, 0.3) is 0 Å². The Morgan fingerprint density at radius 1 is 1.45 bits per heavy atom. The fraction of sp³-hybridized carbons (Fsp3) is 0.714. The van der Waals surface area contributed by atoms with Gasteiger partial charge in [0.2, 0.25) is 0 Å². The number of ether oxygens (including phenoxy) is 1. The molecule has 4 nitrogen and oxygen atoms in total. The minimum Gasteiger partial charge on any atom is -0.377 e. The Hall–Kier alpha value is -0.740. The van der Waals surface area contributed by atoms with Gasteiger partial charge in [0.25, 0.3) is 0 Å². The Morgan fingerprint density at radius 2 is 2.36 bits per heavy atom. The number of hydrogen-bond donors (Lipinski definition) is 1. The van der Waals surface area contributed by atoms with E-state index in [0.29, 0.717) is 6.04 Å². The molecule has 1 saturated heterocycles. The molecule has 0 aromatic rings. The number of fused-ring (bicyclic) bond motifs is 1. The van der Waals surface area contributed by atoms with Crippen LogP contribution in [0.5, 0.6) is 0 Å². The smallest absolute Gasteiger partial charge is 0.0710 e. The van der Waals surface area contributed by atoms with Crippen molar-refractivity contribution >= 4 is 0 Å². The third-order valence-electron chi connectivity index (χ3n) is 2.14. The average molecular weight is 155 g/mol. The lowest BCUT2D eigenvalue weighted by atomic mass is 10.2. The predicted molar refractivity (Wildman–Crippen MR) is 41.3 cm³/mol. The maximum atomic E-state index is 5.61. The third kappa shape index (κ3) is 1.32. The van der Waals surface area contributed by atoms with Crippen LogP contribution < -0.4 is 5.84 Å². The highest BCUT2D eigenvalue weighted by Gasteiger charge is 2.23. The summed E-state index contributed by atoms with van der Waals surface area (Å²) in [5, 5.41) is 1.70. The average Bonchev–Trinajstić information content (AvgIpc) is 2.04. The minimum atomic E-state index is 0.457. The van der Waals surface area contributed by atoms with Crippen LogP contribution in [0.4, 0.5) is 0 Å². The highest BCUT2D eigenvalue weighted by atomic mass is 16.5. The first-order chi connectivity index (χ1) is 5.36. The minimum absolute atomic E-state index is 0.457. The molecule has 11 heavy (non-hydrogen) atoms. The zero-order valence-corrected chi connectivity index (χ0v) is 6.44. The first-order valence-corrected chi connectivity index (χ1v) is 3.89. The van der Waals surface area contributed by atoms with Crippen LogP contribution in [0.2, 0.25) is 0 Å². The van der Waals surface area contributed by atoms with Crippen molar-refractivity contribution < 1.29 is 4.74 Å². The zero-order chi connectivity index (χ0) is 7.68. The molecule has 2 aliphatic rings. The molecule has 1 atom stereocenters. The van der Waals surface area contributed by atoms with E-state index in [1.807, 2.05) is 12.4 Å². The third-order valence-corrected chi connectivity index (χ3v) is 2.14. The molecule has 1 unspecified atom stereocenters. The Kier molecular flexibility index (Phi) is 1.71.